The van der Waals surface area contributed by atoms with Crippen LogP contribution in [0.15, 0.2) is 18.2 Å². The first-order valence-corrected chi connectivity index (χ1v) is 6.49. The molecule has 0 aliphatic heterocycles. The molecule has 100 valence electrons. The number of alkyl halides is 1. The number of hydrogen-bond donors (Lipinski definition) is 1. The number of ether oxygens (including phenoxy) is 1. The lowest BCUT2D eigenvalue weighted by atomic mass is 10.2. The fraction of sp³-hybridized carbons (Fsp3) is 0.462. The van der Waals surface area contributed by atoms with Gasteiger partial charge in [-0.2, -0.15) is 0 Å². The molecule has 0 bridgehead atoms. The van der Waals surface area contributed by atoms with E-state index >= 15 is 0 Å². The number of nitrogens with one attached hydrogen (secondary N) is 1. The van der Waals surface area contributed by atoms with E-state index in [1.54, 1.807) is 13.0 Å². The zero-order valence-corrected chi connectivity index (χ0v) is 11.1. The first kappa shape index (κ1) is 14.8. The van der Waals surface area contributed by atoms with Crippen molar-refractivity contribution in [2.75, 3.05) is 17.8 Å². The van der Waals surface area contributed by atoms with Crippen molar-refractivity contribution in [3.05, 3.63) is 24.0 Å². The van der Waals surface area contributed by atoms with Crippen LogP contribution in [0.5, 0.6) is 5.75 Å². The summed E-state index contributed by atoms with van der Waals surface area (Å²) in [6.45, 7) is 2.19. The van der Waals surface area contributed by atoms with Crippen molar-refractivity contribution in [1.29, 1.82) is 0 Å². The molecule has 0 heterocycles. The summed E-state index contributed by atoms with van der Waals surface area (Å²) in [4.78, 5) is 11.5. The zero-order chi connectivity index (χ0) is 13.4. The van der Waals surface area contributed by atoms with Crippen LogP contribution in [0.1, 0.15) is 26.2 Å². The lowest BCUT2D eigenvalue weighted by Crippen LogP contribution is -2.11. The Morgan fingerprint density at radius 1 is 1.44 bits per heavy atom. The summed E-state index contributed by atoms with van der Waals surface area (Å²) in [5, 5.41) is 2.63. The molecule has 1 aromatic rings. The van der Waals surface area contributed by atoms with Gasteiger partial charge in [0.2, 0.25) is 5.91 Å². The number of amides is 1. The standard InChI is InChI=1S/C13H17ClFNO2/c1-2-18-12-7-6-10(9-11(12)15)16-13(17)5-3-4-8-14/h6-7,9H,2-5,8H2,1H3,(H,16,17). The van der Waals surface area contributed by atoms with Crippen LogP contribution in [-0.2, 0) is 4.79 Å². The van der Waals surface area contributed by atoms with Crippen LogP contribution in [0.4, 0.5) is 10.1 Å². The highest BCUT2D eigenvalue weighted by Crippen LogP contribution is 2.21. The minimum absolute atomic E-state index is 0.135. The Kier molecular flexibility index (Phi) is 6.50. The molecule has 0 unspecified atom stereocenters. The minimum atomic E-state index is -0.476. The summed E-state index contributed by atoms with van der Waals surface area (Å²) in [5.41, 5.74) is 0.437. The number of anilines is 1. The maximum atomic E-state index is 13.5. The van der Waals surface area contributed by atoms with Crippen molar-refractivity contribution in [1.82, 2.24) is 0 Å². The fourth-order valence-corrected chi connectivity index (χ4v) is 1.64. The summed E-state index contributed by atoms with van der Waals surface area (Å²) in [7, 11) is 0. The summed E-state index contributed by atoms with van der Waals surface area (Å²) in [6.07, 6.45) is 1.92. The van der Waals surface area contributed by atoms with E-state index in [0.717, 1.165) is 12.8 Å². The van der Waals surface area contributed by atoms with Gasteiger partial charge in [0.1, 0.15) is 0 Å². The molecule has 1 N–H and O–H groups in total. The summed E-state index contributed by atoms with van der Waals surface area (Å²) >= 11 is 5.52. The van der Waals surface area contributed by atoms with Gasteiger partial charge in [-0.3, -0.25) is 4.79 Å². The van der Waals surface area contributed by atoms with Gasteiger partial charge in [0.05, 0.1) is 6.61 Å². The van der Waals surface area contributed by atoms with E-state index < -0.39 is 5.82 Å². The van der Waals surface area contributed by atoms with E-state index in [1.807, 2.05) is 0 Å². The van der Waals surface area contributed by atoms with Crippen LogP contribution >= 0.6 is 11.6 Å². The predicted molar refractivity (Wildman–Crippen MR) is 70.8 cm³/mol. The van der Waals surface area contributed by atoms with Crippen molar-refractivity contribution >= 4 is 23.2 Å². The van der Waals surface area contributed by atoms with E-state index in [9.17, 15) is 9.18 Å². The number of benzene rings is 1. The Morgan fingerprint density at radius 2 is 2.22 bits per heavy atom. The Morgan fingerprint density at radius 3 is 2.83 bits per heavy atom. The van der Waals surface area contributed by atoms with Crippen molar-refractivity contribution < 1.29 is 13.9 Å². The zero-order valence-electron chi connectivity index (χ0n) is 10.3. The summed E-state index contributed by atoms with van der Waals surface area (Å²) in [5.74, 6) is 0.127. The molecule has 1 aromatic carbocycles. The number of carbonyl (C=O) groups is 1. The highest BCUT2D eigenvalue weighted by molar-refractivity contribution is 6.17. The van der Waals surface area contributed by atoms with E-state index in [1.165, 1.54) is 12.1 Å². The molecular formula is C13H17ClFNO2. The molecule has 0 aromatic heterocycles. The van der Waals surface area contributed by atoms with Crippen molar-refractivity contribution in [2.24, 2.45) is 0 Å². The molecule has 3 nitrogen and oxygen atoms in total. The summed E-state index contributed by atoms with van der Waals surface area (Å²) in [6, 6.07) is 4.38. The topological polar surface area (TPSA) is 38.3 Å². The van der Waals surface area contributed by atoms with Gasteiger partial charge in [-0.05, 0) is 31.9 Å². The molecule has 0 fully saturated rings. The van der Waals surface area contributed by atoms with Crippen LogP contribution in [0.2, 0.25) is 0 Å². The molecule has 18 heavy (non-hydrogen) atoms. The lowest BCUT2D eigenvalue weighted by Gasteiger charge is -2.08. The normalized spacial score (nSPS) is 10.2. The SMILES string of the molecule is CCOc1ccc(NC(=O)CCCCCl)cc1F. The summed E-state index contributed by atoms with van der Waals surface area (Å²) < 4.78 is 18.6. The third-order valence-corrected chi connectivity index (χ3v) is 2.57. The largest absolute Gasteiger partial charge is 0.491 e. The smallest absolute Gasteiger partial charge is 0.224 e. The average molecular weight is 274 g/mol. The Balaban J connectivity index is 2.52. The number of hydrogen-bond acceptors (Lipinski definition) is 2. The molecule has 0 saturated heterocycles. The van der Waals surface area contributed by atoms with Gasteiger partial charge in [0.25, 0.3) is 0 Å². The Hall–Kier alpha value is -1.29. The van der Waals surface area contributed by atoms with Crippen molar-refractivity contribution in [2.45, 2.75) is 26.2 Å². The quantitative estimate of drug-likeness (QED) is 0.609. The molecule has 0 aliphatic rings. The number of halogens is 2. The second-order valence-electron chi connectivity index (χ2n) is 3.77. The van der Waals surface area contributed by atoms with Gasteiger partial charge in [-0.25, -0.2) is 4.39 Å². The van der Waals surface area contributed by atoms with Crippen LogP contribution in [0, 0.1) is 5.82 Å². The first-order valence-electron chi connectivity index (χ1n) is 5.95. The monoisotopic (exact) mass is 273 g/mol. The van der Waals surface area contributed by atoms with Gasteiger partial charge in [0.15, 0.2) is 11.6 Å². The van der Waals surface area contributed by atoms with Crippen molar-refractivity contribution in [3.8, 4) is 5.75 Å². The molecule has 0 saturated carbocycles. The molecule has 1 amide bonds. The highest BCUT2D eigenvalue weighted by Gasteiger charge is 2.06. The van der Waals surface area contributed by atoms with Crippen LogP contribution < -0.4 is 10.1 Å². The van der Waals surface area contributed by atoms with Crippen LogP contribution in [0.25, 0.3) is 0 Å². The number of rotatable bonds is 7. The third-order valence-electron chi connectivity index (χ3n) is 2.30. The number of unbranched alkanes of at least 4 members (excludes halogenated alkanes) is 1. The molecule has 0 radical (unpaired) electrons. The first-order chi connectivity index (χ1) is 8.67. The van der Waals surface area contributed by atoms with Gasteiger partial charge in [-0.15, -0.1) is 11.6 Å². The van der Waals surface area contributed by atoms with Crippen LogP contribution in [-0.4, -0.2) is 18.4 Å². The van der Waals surface area contributed by atoms with Crippen molar-refractivity contribution in [3.63, 3.8) is 0 Å². The van der Waals surface area contributed by atoms with Crippen LogP contribution in [0.3, 0.4) is 0 Å². The second kappa shape index (κ2) is 7.93. The van der Waals surface area contributed by atoms with Gasteiger partial charge >= 0.3 is 0 Å². The second-order valence-corrected chi connectivity index (χ2v) is 4.15. The minimum Gasteiger partial charge on any atom is -0.491 e. The fourth-order valence-electron chi connectivity index (χ4n) is 1.45. The van der Waals surface area contributed by atoms with Gasteiger partial charge < -0.3 is 10.1 Å². The van der Waals surface area contributed by atoms with E-state index in [-0.39, 0.29) is 11.7 Å². The van der Waals surface area contributed by atoms with Gasteiger partial charge in [-0.1, -0.05) is 0 Å². The van der Waals surface area contributed by atoms with E-state index in [4.69, 9.17) is 16.3 Å². The van der Waals surface area contributed by atoms with E-state index in [0.29, 0.717) is 24.6 Å². The maximum absolute atomic E-state index is 13.5. The third kappa shape index (κ3) is 4.92. The number of carbonyl (C=O) groups excluding carboxylic acids is 1. The molecule has 0 aliphatic carbocycles. The molecular weight excluding hydrogens is 257 g/mol. The predicted octanol–water partition coefficient (Wildman–Crippen LogP) is 3.57. The Bertz CT molecular complexity index is 399. The lowest BCUT2D eigenvalue weighted by molar-refractivity contribution is -0.116. The molecule has 1 rings (SSSR count). The molecule has 0 spiro atoms. The molecule has 5 heteroatoms. The molecule has 0 atom stereocenters. The highest BCUT2D eigenvalue weighted by atomic mass is 35.5. The average Bonchev–Trinajstić information content (AvgIpc) is 2.33. The Labute approximate surface area is 111 Å². The van der Waals surface area contributed by atoms with Gasteiger partial charge in [0, 0.05) is 24.1 Å². The van der Waals surface area contributed by atoms with E-state index in [2.05, 4.69) is 5.32 Å². The maximum Gasteiger partial charge on any atom is 0.224 e.